The third kappa shape index (κ3) is 4.71. The van der Waals surface area contributed by atoms with E-state index < -0.39 is 0 Å². The summed E-state index contributed by atoms with van der Waals surface area (Å²) in [6.45, 7) is 7.66. The number of fused-ring (bicyclic) bond motifs is 1. The van der Waals surface area contributed by atoms with Crippen molar-refractivity contribution in [2.24, 2.45) is 0 Å². The highest BCUT2D eigenvalue weighted by Gasteiger charge is 2.20. The second-order valence-corrected chi connectivity index (χ2v) is 8.14. The van der Waals surface area contributed by atoms with Crippen molar-refractivity contribution < 1.29 is 4.74 Å². The summed E-state index contributed by atoms with van der Waals surface area (Å²) in [4.78, 5) is 11.3. The summed E-state index contributed by atoms with van der Waals surface area (Å²) in [5.74, 6) is 1.42. The minimum Gasteiger partial charge on any atom is -0.487 e. The molecule has 6 nitrogen and oxygen atoms in total. The number of ether oxygens (including phenoxy) is 1. The first kappa shape index (κ1) is 21.7. The minimum atomic E-state index is 0.228. The highest BCUT2D eigenvalue weighted by atomic mass is 35.5. The maximum Gasteiger partial charge on any atom is 0.147 e. The van der Waals surface area contributed by atoms with Crippen LogP contribution in [0.5, 0.6) is 5.75 Å². The fourth-order valence-corrected chi connectivity index (χ4v) is 4.20. The average molecular weight is 458 g/mol. The lowest BCUT2D eigenvalue weighted by molar-refractivity contribution is 0.309. The smallest absolute Gasteiger partial charge is 0.147 e. The number of nitrogens with zero attached hydrogens (tertiary/aromatic N) is 3. The molecule has 31 heavy (non-hydrogen) atoms. The third-order valence-electron chi connectivity index (χ3n) is 5.17. The fraction of sp³-hybridized carbons (Fsp3) is 0.304. The van der Waals surface area contributed by atoms with Crippen molar-refractivity contribution in [3.63, 3.8) is 0 Å². The molecule has 3 heterocycles. The van der Waals surface area contributed by atoms with Crippen LogP contribution in [0.3, 0.4) is 0 Å². The van der Waals surface area contributed by atoms with E-state index in [0.29, 0.717) is 15.8 Å². The molecule has 0 atom stereocenters. The van der Waals surface area contributed by atoms with Crippen LogP contribution < -0.4 is 20.3 Å². The van der Waals surface area contributed by atoms with Crippen molar-refractivity contribution in [1.29, 1.82) is 0 Å². The van der Waals surface area contributed by atoms with E-state index in [1.54, 1.807) is 6.20 Å². The van der Waals surface area contributed by atoms with Crippen LogP contribution in [0.4, 0.5) is 11.5 Å². The van der Waals surface area contributed by atoms with Gasteiger partial charge in [-0.25, -0.2) is 9.97 Å². The van der Waals surface area contributed by atoms with Crippen molar-refractivity contribution >= 4 is 45.6 Å². The molecule has 0 bridgehead atoms. The lowest BCUT2D eigenvalue weighted by atomic mass is 10.1. The van der Waals surface area contributed by atoms with Crippen LogP contribution in [0.2, 0.25) is 10.0 Å². The van der Waals surface area contributed by atoms with Crippen LogP contribution in [0.15, 0.2) is 42.7 Å². The highest BCUT2D eigenvalue weighted by molar-refractivity contribution is 6.37. The van der Waals surface area contributed by atoms with Gasteiger partial charge in [0.25, 0.3) is 0 Å². The van der Waals surface area contributed by atoms with E-state index in [2.05, 4.69) is 20.5 Å². The number of hydrogen-bond acceptors (Lipinski definition) is 6. The molecule has 1 aliphatic heterocycles. The first-order valence-electron chi connectivity index (χ1n) is 10.3. The molecule has 0 radical (unpaired) electrons. The zero-order valence-electron chi connectivity index (χ0n) is 17.6. The van der Waals surface area contributed by atoms with Crippen molar-refractivity contribution in [3.05, 3.63) is 64.0 Å². The number of pyridine rings is 2. The first-order chi connectivity index (χ1) is 15.1. The standard InChI is InChI=1S/C23H25Cl2N5O/c1-3-7-27-19-12-15(2)29-22-16(19)5-4-6-20(22)31-14-17-18(24)13-28-23(21(17)25)30-10-8-26-9-11-30/h3-7,12-13,26H,8-11,14H2,1-2H3,(H,27,29)/b7-3-. The van der Waals surface area contributed by atoms with Crippen LogP contribution in [0.1, 0.15) is 18.2 Å². The SMILES string of the molecule is C/C=C\Nc1cc(C)nc2c(OCc3c(Cl)cnc(N4CCNCC4)c3Cl)cccc12. The van der Waals surface area contributed by atoms with Crippen LogP contribution in [-0.2, 0) is 6.61 Å². The number of benzene rings is 1. The Morgan fingerprint density at radius 1 is 1.26 bits per heavy atom. The number of aryl methyl sites for hydroxylation is 1. The molecule has 0 saturated carbocycles. The van der Waals surface area contributed by atoms with Crippen molar-refractivity contribution in [3.8, 4) is 5.75 Å². The van der Waals surface area contributed by atoms with E-state index >= 15 is 0 Å². The quantitative estimate of drug-likeness (QED) is 0.531. The van der Waals surface area contributed by atoms with Gasteiger partial charge in [-0.1, -0.05) is 41.4 Å². The molecule has 0 aliphatic carbocycles. The summed E-state index contributed by atoms with van der Waals surface area (Å²) in [6, 6.07) is 7.91. The van der Waals surface area contributed by atoms with E-state index in [0.717, 1.165) is 59.8 Å². The Kier molecular flexibility index (Phi) is 6.80. The van der Waals surface area contributed by atoms with Gasteiger partial charge in [0.2, 0.25) is 0 Å². The number of halogens is 2. The molecular formula is C23H25Cl2N5O. The van der Waals surface area contributed by atoms with Crippen LogP contribution in [-0.4, -0.2) is 36.1 Å². The monoisotopic (exact) mass is 457 g/mol. The molecular weight excluding hydrogens is 433 g/mol. The molecule has 3 aromatic rings. The first-order valence-corrected chi connectivity index (χ1v) is 11.0. The van der Waals surface area contributed by atoms with Crippen LogP contribution >= 0.6 is 23.2 Å². The molecule has 8 heteroatoms. The topological polar surface area (TPSA) is 62.3 Å². The summed E-state index contributed by atoms with van der Waals surface area (Å²) < 4.78 is 6.19. The normalized spacial score (nSPS) is 14.4. The Labute approximate surface area is 192 Å². The Hall–Kier alpha value is -2.54. The van der Waals surface area contributed by atoms with Crippen molar-refractivity contribution in [2.75, 3.05) is 36.4 Å². The predicted molar refractivity (Wildman–Crippen MR) is 129 cm³/mol. The summed E-state index contributed by atoms with van der Waals surface area (Å²) in [5.41, 5.74) is 3.39. The van der Waals surface area contributed by atoms with E-state index in [9.17, 15) is 0 Å². The summed E-state index contributed by atoms with van der Waals surface area (Å²) in [7, 11) is 0. The average Bonchev–Trinajstić information content (AvgIpc) is 2.78. The molecule has 0 spiro atoms. The van der Waals surface area contributed by atoms with E-state index in [1.165, 1.54) is 0 Å². The Bertz CT molecular complexity index is 1110. The van der Waals surface area contributed by atoms with Gasteiger partial charge in [0.05, 0.1) is 10.0 Å². The molecule has 1 aromatic carbocycles. The lowest BCUT2D eigenvalue weighted by Crippen LogP contribution is -2.44. The number of nitrogens with one attached hydrogen (secondary N) is 2. The Morgan fingerprint density at radius 2 is 2.06 bits per heavy atom. The van der Waals surface area contributed by atoms with Gasteiger partial charge in [-0.15, -0.1) is 0 Å². The number of rotatable bonds is 6. The van der Waals surface area contributed by atoms with E-state index in [4.69, 9.17) is 32.9 Å². The van der Waals surface area contributed by atoms with Gasteiger partial charge in [0.1, 0.15) is 23.7 Å². The Balaban J connectivity index is 1.64. The summed E-state index contributed by atoms with van der Waals surface area (Å²) in [5, 5.41) is 8.65. The van der Waals surface area contributed by atoms with Crippen LogP contribution in [0, 0.1) is 6.92 Å². The predicted octanol–water partition coefficient (Wildman–Crippen LogP) is 5.18. The summed E-state index contributed by atoms with van der Waals surface area (Å²) in [6.07, 6.45) is 5.50. The molecule has 0 unspecified atom stereocenters. The van der Waals surface area contributed by atoms with Crippen molar-refractivity contribution in [2.45, 2.75) is 20.5 Å². The number of allylic oxidation sites excluding steroid dienone is 1. The molecule has 0 amide bonds. The van der Waals surface area contributed by atoms with Crippen LogP contribution in [0.25, 0.3) is 10.9 Å². The van der Waals surface area contributed by atoms with Gasteiger partial charge in [-0.05, 0) is 32.2 Å². The van der Waals surface area contributed by atoms with Gasteiger partial charge in [0.15, 0.2) is 0 Å². The fourth-order valence-electron chi connectivity index (χ4n) is 3.63. The molecule has 2 N–H and O–H groups in total. The van der Waals surface area contributed by atoms with Crippen molar-refractivity contribution in [1.82, 2.24) is 15.3 Å². The largest absolute Gasteiger partial charge is 0.487 e. The lowest BCUT2D eigenvalue weighted by Gasteiger charge is -2.29. The second-order valence-electron chi connectivity index (χ2n) is 7.36. The zero-order chi connectivity index (χ0) is 21.8. The zero-order valence-corrected chi connectivity index (χ0v) is 19.1. The van der Waals surface area contributed by atoms with Gasteiger partial charge < -0.3 is 20.3 Å². The molecule has 1 fully saturated rings. The second kappa shape index (κ2) is 9.73. The van der Waals surface area contributed by atoms with Gasteiger partial charge >= 0.3 is 0 Å². The number of anilines is 2. The number of aromatic nitrogens is 2. The maximum atomic E-state index is 6.72. The third-order valence-corrected chi connectivity index (χ3v) is 5.90. The number of hydrogen-bond donors (Lipinski definition) is 2. The van der Waals surface area contributed by atoms with Gasteiger partial charge in [0, 0.05) is 54.7 Å². The highest BCUT2D eigenvalue weighted by Crippen LogP contribution is 2.35. The number of para-hydroxylation sites is 1. The molecule has 1 saturated heterocycles. The summed E-state index contributed by atoms with van der Waals surface area (Å²) >= 11 is 13.2. The number of piperazine rings is 1. The molecule has 162 valence electrons. The van der Waals surface area contributed by atoms with Gasteiger partial charge in [-0.3, -0.25) is 0 Å². The maximum absolute atomic E-state index is 6.72. The van der Waals surface area contributed by atoms with E-state index in [1.807, 2.05) is 50.4 Å². The van der Waals surface area contributed by atoms with Gasteiger partial charge in [-0.2, -0.15) is 0 Å². The molecule has 1 aliphatic rings. The van der Waals surface area contributed by atoms with E-state index in [-0.39, 0.29) is 6.61 Å². The molecule has 4 rings (SSSR count). The minimum absolute atomic E-state index is 0.228. The molecule has 2 aromatic heterocycles. The Morgan fingerprint density at radius 3 is 2.84 bits per heavy atom.